The van der Waals surface area contributed by atoms with Crippen molar-refractivity contribution in [2.24, 2.45) is 7.05 Å². The van der Waals surface area contributed by atoms with Crippen molar-refractivity contribution in [3.05, 3.63) is 45.4 Å². The van der Waals surface area contributed by atoms with Gasteiger partial charge in [-0.25, -0.2) is 9.18 Å². The summed E-state index contributed by atoms with van der Waals surface area (Å²) in [7, 11) is 1.50. The van der Waals surface area contributed by atoms with Gasteiger partial charge in [0.1, 0.15) is 11.5 Å². The van der Waals surface area contributed by atoms with Crippen LogP contribution in [-0.4, -0.2) is 25.8 Å². The Hall–Kier alpha value is -2.42. The first kappa shape index (κ1) is 15.0. The van der Waals surface area contributed by atoms with E-state index >= 15 is 0 Å². The summed E-state index contributed by atoms with van der Waals surface area (Å²) in [5.74, 6) is -1.86. The Bertz CT molecular complexity index is 744. The number of aromatic carboxylic acids is 1. The minimum atomic E-state index is -1.20. The van der Waals surface area contributed by atoms with E-state index < -0.39 is 16.7 Å². The molecule has 1 aromatic heterocycles. The smallest absolute Gasteiger partial charge is 0.335 e. The Morgan fingerprint density at radius 1 is 1.52 bits per heavy atom. The fourth-order valence-corrected chi connectivity index (χ4v) is 2.82. The van der Waals surface area contributed by atoms with Gasteiger partial charge >= 0.3 is 11.7 Å². The van der Waals surface area contributed by atoms with Crippen molar-refractivity contribution < 1.29 is 19.2 Å². The predicted octanol–water partition coefficient (Wildman–Crippen LogP) is 2.63. The molecule has 0 aliphatic rings. The number of carbonyl (C=O) groups is 1. The third kappa shape index (κ3) is 2.87. The van der Waals surface area contributed by atoms with E-state index in [1.54, 1.807) is 0 Å². The number of aryl methyl sites for hydroxylation is 2. The molecule has 0 atom stereocenters. The maximum Gasteiger partial charge on any atom is 0.335 e. The number of hydrogen-bond donors (Lipinski definition) is 1. The molecule has 0 fully saturated rings. The molecule has 0 aliphatic carbocycles. The van der Waals surface area contributed by atoms with Crippen LogP contribution in [0.5, 0.6) is 0 Å². The Kier molecular flexibility index (Phi) is 3.94. The third-order valence-electron chi connectivity index (χ3n) is 2.71. The molecule has 1 heterocycles. The monoisotopic (exact) mass is 311 g/mol. The average Bonchev–Trinajstić information content (AvgIpc) is 2.66. The van der Waals surface area contributed by atoms with Crippen molar-refractivity contribution in [2.75, 3.05) is 0 Å². The molecule has 7 nitrogen and oxygen atoms in total. The topological polar surface area (TPSA) is 98.3 Å². The van der Waals surface area contributed by atoms with Gasteiger partial charge in [0.15, 0.2) is 5.03 Å². The summed E-state index contributed by atoms with van der Waals surface area (Å²) in [5.41, 5.74) is -0.108. The Balaban J connectivity index is 2.50. The van der Waals surface area contributed by atoms with Crippen LogP contribution in [0.1, 0.15) is 16.1 Å². The molecule has 0 radical (unpaired) electrons. The van der Waals surface area contributed by atoms with Crippen LogP contribution < -0.4 is 0 Å². The largest absolute Gasteiger partial charge is 0.478 e. The number of hydrogen-bond acceptors (Lipinski definition) is 5. The Morgan fingerprint density at radius 3 is 2.76 bits per heavy atom. The summed E-state index contributed by atoms with van der Waals surface area (Å²) >= 11 is 0.769. The normalized spacial score (nSPS) is 10.6. The second kappa shape index (κ2) is 5.52. The van der Waals surface area contributed by atoms with Crippen molar-refractivity contribution >= 4 is 23.4 Å². The molecule has 0 aliphatic heterocycles. The molecule has 0 saturated carbocycles. The number of benzene rings is 1. The molecule has 0 bridgehead atoms. The van der Waals surface area contributed by atoms with E-state index in [0.29, 0.717) is 0 Å². The fourth-order valence-electron chi connectivity index (χ4n) is 1.77. The number of carboxylic acids is 1. The van der Waals surface area contributed by atoms with E-state index in [1.807, 2.05) is 0 Å². The van der Waals surface area contributed by atoms with E-state index in [9.17, 15) is 19.3 Å². The van der Waals surface area contributed by atoms with Gasteiger partial charge < -0.3 is 5.11 Å². The number of nitrogens with zero attached hydrogens (tertiary/aromatic N) is 3. The molecule has 0 amide bonds. The highest BCUT2D eigenvalue weighted by Gasteiger charge is 2.25. The van der Waals surface area contributed by atoms with Crippen molar-refractivity contribution in [3.8, 4) is 0 Å². The molecule has 9 heteroatoms. The van der Waals surface area contributed by atoms with Crippen LogP contribution >= 0.6 is 11.8 Å². The van der Waals surface area contributed by atoms with Gasteiger partial charge in [-0.3, -0.25) is 14.8 Å². The minimum absolute atomic E-state index is 0.0130. The van der Waals surface area contributed by atoms with Crippen LogP contribution in [0.25, 0.3) is 0 Å². The Morgan fingerprint density at radius 2 is 2.19 bits per heavy atom. The third-order valence-corrected chi connectivity index (χ3v) is 3.89. The molecular formula is C12H10FN3O4S. The van der Waals surface area contributed by atoms with Crippen LogP contribution in [0.4, 0.5) is 10.1 Å². The zero-order chi connectivity index (χ0) is 15.7. The molecule has 1 aromatic carbocycles. The maximum atomic E-state index is 13.8. The lowest BCUT2D eigenvalue weighted by atomic mass is 10.2. The summed E-state index contributed by atoms with van der Waals surface area (Å²) in [6, 6.07) is 3.28. The van der Waals surface area contributed by atoms with Gasteiger partial charge in [0.05, 0.1) is 15.4 Å². The van der Waals surface area contributed by atoms with E-state index in [1.165, 1.54) is 18.7 Å². The van der Waals surface area contributed by atoms with E-state index in [4.69, 9.17) is 5.11 Å². The van der Waals surface area contributed by atoms with E-state index in [0.717, 1.165) is 30.0 Å². The number of halogens is 1. The van der Waals surface area contributed by atoms with Gasteiger partial charge in [0.25, 0.3) is 0 Å². The molecule has 0 spiro atoms. The molecule has 2 rings (SSSR count). The summed E-state index contributed by atoms with van der Waals surface area (Å²) in [4.78, 5) is 21.4. The van der Waals surface area contributed by atoms with Gasteiger partial charge in [0, 0.05) is 7.05 Å². The number of aromatic nitrogens is 2. The molecule has 2 aromatic rings. The highest BCUT2D eigenvalue weighted by atomic mass is 32.2. The summed E-state index contributed by atoms with van der Waals surface area (Å²) < 4.78 is 15.0. The maximum absolute atomic E-state index is 13.8. The number of rotatable bonds is 4. The van der Waals surface area contributed by atoms with Gasteiger partial charge in [-0.15, -0.1) is 0 Å². The van der Waals surface area contributed by atoms with E-state index in [2.05, 4.69) is 5.10 Å². The van der Waals surface area contributed by atoms with Gasteiger partial charge in [-0.1, -0.05) is 11.8 Å². The minimum Gasteiger partial charge on any atom is -0.478 e. The van der Waals surface area contributed by atoms with Gasteiger partial charge in [-0.2, -0.15) is 5.10 Å². The summed E-state index contributed by atoms with van der Waals surface area (Å²) in [6.45, 7) is 1.48. The first-order chi connectivity index (χ1) is 9.81. The lowest BCUT2D eigenvalue weighted by Gasteiger charge is -2.04. The van der Waals surface area contributed by atoms with Crippen molar-refractivity contribution in [2.45, 2.75) is 16.8 Å². The SMILES string of the molecule is Cc1nn(C)c(Sc2cc(C(=O)O)ccc2F)c1[N+](=O)[O-]. The average molecular weight is 311 g/mol. The van der Waals surface area contributed by atoms with Crippen molar-refractivity contribution in [1.29, 1.82) is 0 Å². The quantitative estimate of drug-likeness (QED) is 0.688. The molecule has 1 N–H and O–H groups in total. The Labute approximate surface area is 122 Å². The van der Waals surface area contributed by atoms with Crippen molar-refractivity contribution in [3.63, 3.8) is 0 Å². The molecule has 0 unspecified atom stereocenters. The number of nitro groups is 1. The lowest BCUT2D eigenvalue weighted by molar-refractivity contribution is -0.388. The van der Waals surface area contributed by atoms with Crippen LogP contribution in [0.3, 0.4) is 0 Å². The molecule has 21 heavy (non-hydrogen) atoms. The number of carboxylic acid groups (broad SMARTS) is 1. The van der Waals surface area contributed by atoms with Crippen LogP contribution in [0.15, 0.2) is 28.1 Å². The second-order valence-corrected chi connectivity index (χ2v) is 5.20. The standard InChI is InChI=1S/C12H10FN3O4S/c1-6-10(16(19)20)11(15(2)14-6)21-9-5-7(12(17)18)3-4-8(9)13/h3-5H,1-2H3,(H,17,18). The second-order valence-electron chi connectivity index (χ2n) is 4.17. The first-order valence-corrected chi connectivity index (χ1v) is 6.51. The summed E-state index contributed by atoms with van der Waals surface area (Å²) in [6.07, 6.45) is 0. The zero-order valence-electron chi connectivity index (χ0n) is 11.0. The zero-order valence-corrected chi connectivity index (χ0v) is 11.8. The highest BCUT2D eigenvalue weighted by Crippen LogP contribution is 2.37. The fraction of sp³-hybridized carbons (Fsp3) is 0.167. The van der Waals surface area contributed by atoms with Gasteiger partial charge in [-0.05, 0) is 25.1 Å². The molecule has 110 valence electrons. The first-order valence-electron chi connectivity index (χ1n) is 5.70. The van der Waals surface area contributed by atoms with Crippen LogP contribution in [0, 0.1) is 22.9 Å². The van der Waals surface area contributed by atoms with Crippen LogP contribution in [0.2, 0.25) is 0 Å². The molecule has 0 saturated heterocycles. The molecular weight excluding hydrogens is 301 g/mol. The van der Waals surface area contributed by atoms with E-state index in [-0.39, 0.29) is 26.9 Å². The predicted molar refractivity (Wildman–Crippen MR) is 72.1 cm³/mol. The van der Waals surface area contributed by atoms with Gasteiger partial charge in [0.2, 0.25) is 0 Å². The highest BCUT2D eigenvalue weighted by molar-refractivity contribution is 7.99. The summed E-state index contributed by atoms with van der Waals surface area (Å²) in [5, 5.41) is 24.0. The van der Waals surface area contributed by atoms with Crippen molar-refractivity contribution in [1.82, 2.24) is 9.78 Å². The lowest BCUT2D eigenvalue weighted by Crippen LogP contribution is -1.99. The van der Waals surface area contributed by atoms with Crippen LogP contribution in [-0.2, 0) is 7.05 Å².